The zero-order chi connectivity index (χ0) is 48.6. The molecule has 0 bridgehead atoms. The van der Waals surface area contributed by atoms with E-state index in [2.05, 4.69) is 39.8 Å². The lowest BCUT2D eigenvalue weighted by Gasteiger charge is -2.23. The molecular weight excluding hydrogens is 813 g/mol. The summed E-state index contributed by atoms with van der Waals surface area (Å²) in [7, 11) is 0. The SMILES string of the molecule is CCCCCCCC/C=C\CCCCCCCC(=O)O.CCCCCCCCCCCCCC(=O)OC(CCCCCCCC)CCCCCCCCCCC.OCC(CO)(CO)CO. The molecule has 0 aromatic rings. The van der Waals surface area contributed by atoms with Gasteiger partial charge in [0, 0.05) is 12.8 Å². The predicted molar refractivity (Wildman–Crippen MR) is 279 cm³/mol. The number of hydrogen-bond donors (Lipinski definition) is 5. The monoisotopic (exact) mass is 927 g/mol. The number of aliphatic hydroxyl groups is 4. The third-order valence-electron chi connectivity index (χ3n) is 12.8. The first kappa shape index (κ1) is 67.8. The molecule has 65 heavy (non-hydrogen) atoms. The number of ether oxygens (including phenoxy) is 1. The van der Waals surface area contributed by atoms with E-state index < -0.39 is 37.8 Å². The van der Waals surface area contributed by atoms with E-state index in [0.29, 0.717) is 12.8 Å². The number of allylic oxidation sites excluding steroid dienone is 2. The maximum atomic E-state index is 12.5. The Balaban J connectivity index is -0.00000110. The average molecular weight is 928 g/mol. The maximum Gasteiger partial charge on any atom is 0.306 e. The fourth-order valence-electron chi connectivity index (χ4n) is 7.92. The minimum Gasteiger partial charge on any atom is -0.481 e. The van der Waals surface area contributed by atoms with E-state index in [0.717, 1.165) is 32.1 Å². The second-order valence-electron chi connectivity index (χ2n) is 19.4. The number of unbranched alkanes of at least 4 members (excludes halogenated alkanes) is 34. The molecule has 0 fully saturated rings. The quantitative estimate of drug-likeness (QED) is 0.0230. The van der Waals surface area contributed by atoms with Gasteiger partial charge in [-0.1, -0.05) is 239 Å². The smallest absolute Gasteiger partial charge is 0.306 e. The summed E-state index contributed by atoms with van der Waals surface area (Å²) >= 11 is 0. The van der Waals surface area contributed by atoms with E-state index in [9.17, 15) is 9.59 Å². The number of carbonyl (C=O) groups is 2. The Labute approximate surface area is 404 Å². The summed E-state index contributed by atoms with van der Waals surface area (Å²) in [5.41, 5.74) is -1.11. The number of esters is 1. The van der Waals surface area contributed by atoms with Gasteiger partial charge in [0.1, 0.15) is 6.10 Å². The van der Waals surface area contributed by atoms with Crippen LogP contribution in [0.3, 0.4) is 0 Å². The first-order valence-corrected chi connectivity index (χ1v) is 28.3. The van der Waals surface area contributed by atoms with Gasteiger partial charge in [-0.25, -0.2) is 0 Å². The van der Waals surface area contributed by atoms with Crippen molar-refractivity contribution in [2.45, 2.75) is 310 Å². The van der Waals surface area contributed by atoms with Gasteiger partial charge < -0.3 is 30.3 Å². The summed E-state index contributed by atoms with van der Waals surface area (Å²) in [4.78, 5) is 22.9. The Morgan fingerprint density at radius 2 is 0.646 bits per heavy atom. The molecule has 390 valence electrons. The van der Waals surface area contributed by atoms with Gasteiger partial charge in [0.2, 0.25) is 0 Å². The lowest BCUT2D eigenvalue weighted by Crippen LogP contribution is -2.37. The van der Waals surface area contributed by atoms with Crippen molar-refractivity contribution in [3.8, 4) is 0 Å². The fourth-order valence-corrected chi connectivity index (χ4v) is 7.92. The normalized spacial score (nSPS) is 11.9. The maximum absolute atomic E-state index is 12.5. The number of hydrogen-bond acceptors (Lipinski definition) is 7. The van der Waals surface area contributed by atoms with E-state index in [1.807, 2.05) is 0 Å². The Morgan fingerprint density at radius 3 is 0.923 bits per heavy atom. The van der Waals surface area contributed by atoms with Gasteiger partial charge in [-0.3, -0.25) is 9.59 Å². The van der Waals surface area contributed by atoms with Gasteiger partial charge in [-0.2, -0.15) is 0 Å². The van der Waals surface area contributed by atoms with E-state index in [4.69, 9.17) is 30.3 Å². The molecule has 0 heterocycles. The summed E-state index contributed by atoms with van der Waals surface area (Å²) in [5.74, 6) is -0.597. The average Bonchev–Trinajstić information content (AvgIpc) is 3.31. The zero-order valence-corrected chi connectivity index (χ0v) is 43.9. The molecule has 8 heteroatoms. The summed E-state index contributed by atoms with van der Waals surface area (Å²) in [6, 6.07) is 0. The van der Waals surface area contributed by atoms with Crippen LogP contribution in [0.2, 0.25) is 0 Å². The van der Waals surface area contributed by atoms with E-state index >= 15 is 0 Å². The topological polar surface area (TPSA) is 145 Å². The summed E-state index contributed by atoms with van der Waals surface area (Å²) in [5, 5.41) is 42.5. The molecular formula is C57H114O8. The molecule has 0 saturated heterocycles. The van der Waals surface area contributed by atoms with Crippen LogP contribution < -0.4 is 0 Å². The van der Waals surface area contributed by atoms with Gasteiger partial charge in [-0.15, -0.1) is 0 Å². The third-order valence-corrected chi connectivity index (χ3v) is 12.8. The molecule has 0 aliphatic heterocycles. The van der Waals surface area contributed by atoms with Crippen LogP contribution in [0.25, 0.3) is 0 Å². The van der Waals surface area contributed by atoms with Gasteiger partial charge in [0.05, 0.1) is 31.8 Å². The number of rotatable bonds is 49. The van der Waals surface area contributed by atoms with Crippen molar-refractivity contribution >= 4 is 11.9 Å². The number of carboxylic acids is 1. The Morgan fingerprint density at radius 1 is 0.385 bits per heavy atom. The van der Waals surface area contributed by atoms with Crippen molar-refractivity contribution in [1.29, 1.82) is 0 Å². The van der Waals surface area contributed by atoms with Gasteiger partial charge in [-0.05, 0) is 64.2 Å². The molecule has 0 aliphatic rings. The van der Waals surface area contributed by atoms with Crippen LogP contribution in [0.5, 0.6) is 0 Å². The minimum atomic E-state index is -1.11. The van der Waals surface area contributed by atoms with Crippen LogP contribution >= 0.6 is 0 Å². The lowest BCUT2D eigenvalue weighted by molar-refractivity contribution is -0.150. The molecule has 5 N–H and O–H groups in total. The summed E-state index contributed by atoms with van der Waals surface area (Å²) in [6.07, 6.45) is 58.8. The van der Waals surface area contributed by atoms with Gasteiger partial charge in [0.25, 0.3) is 0 Å². The Bertz CT molecular complexity index is 918. The highest BCUT2D eigenvalue weighted by Crippen LogP contribution is 2.19. The molecule has 0 saturated carbocycles. The van der Waals surface area contributed by atoms with Crippen LogP contribution in [0, 0.1) is 5.41 Å². The first-order chi connectivity index (χ1) is 31.8. The molecule has 1 unspecified atom stereocenters. The van der Waals surface area contributed by atoms with Crippen LogP contribution in [-0.2, 0) is 14.3 Å². The van der Waals surface area contributed by atoms with Crippen molar-refractivity contribution in [3.05, 3.63) is 12.2 Å². The van der Waals surface area contributed by atoms with Crippen molar-refractivity contribution < 1.29 is 39.9 Å². The predicted octanol–water partition coefficient (Wildman–Crippen LogP) is 16.3. The second-order valence-corrected chi connectivity index (χ2v) is 19.4. The summed E-state index contributed by atoms with van der Waals surface area (Å²) < 4.78 is 6.00. The number of aliphatic hydroxyl groups excluding tert-OH is 4. The summed E-state index contributed by atoms with van der Waals surface area (Å²) in [6.45, 7) is 7.47. The molecule has 0 amide bonds. The van der Waals surface area contributed by atoms with Crippen molar-refractivity contribution in [3.63, 3.8) is 0 Å². The number of carboxylic acid groups (broad SMARTS) is 1. The van der Waals surface area contributed by atoms with Crippen molar-refractivity contribution in [1.82, 2.24) is 0 Å². The molecule has 0 radical (unpaired) electrons. The number of carbonyl (C=O) groups excluding carboxylic acids is 1. The number of aliphatic carboxylic acids is 1. The zero-order valence-electron chi connectivity index (χ0n) is 43.9. The molecule has 0 aliphatic carbocycles. The van der Waals surface area contributed by atoms with Gasteiger partial charge >= 0.3 is 11.9 Å². The molecule has 0 aromatic heterocycles. The largest absolute Gasteiger partial charge is 0.481 e. The van der Waals surface area contributed by atoms with Gasteiger partial charge in [0.15, 0.2) is 0 Å². The van der Waals surface area contributed by atoms with E-state index in [1.54, 1.807) is 0 Å². The fraction of sp³-hybridized carbons (Fsp3) is 0.930. The molecule has 8 nitrogen and oxygen atoms in total. The lowest BCUT2D eigenvalue weighted by atomic mass is 9.93. The van der Waals surface area contributed by atoms with Crippen LogP contribution in [0.4, 0.5) is 0 Å². The molecule has 1 atom stereocenters. The Kier molecular flexibility index (Phi) is 61.2. The second kappa shape index (κ2) is 58.6. The van der Waals surface area contributed by atoms with Crippen molar-refractivity contribution in [2.75, 3.05) is 26.4 Å². The third kappa shape index (κ3) is 56.8. The highest BCUT2D eigenvalue weighted by molar-refractivity contribution is 5.69. The minimum absolute atomic E-state index is 0.0674. The van der Waals surface area contributed by atoms with Crippen LogP contribution in [0.1, 0.15) is 304 Å². The highest BCUT2D eigenvalue weighted by atomic mass is 16.5. The Hall–Kier alpha value is -1.48. The standard InChI is InChI=1S/C34H68O2.C18H34O2.C5H12O4/c1-4-7-10-13-16-18-19-21-23-26-29-32-34(35)36-33(30-27-24-15-12-9-6-3)31-28-25-22-20-17-14-11-8-5-2;1-2-3-4-5-6-7-8-9-10-11-12-13-14-15-16-17-18(19)20;6-1-5(2-7,3-8)4-9/h33H,4-32H2,1-3H3;9-10H,2-8,11-17H2,1H3,(H,19,20);6-9H,1-4H2/b;10-9-;. The molecule has 0 rings (SSSR count). The van der Waals surface area contributed by atoms with E-state index in [1.165, 1.54) is 231 Å². The van der Waals surface area contributed by atoms with Crippen LogP contribution in [0.15, 0.2) is 12.2 Å². The molecule has 0 spiro atoms. The van der Waals surface area contributed by atoms with Crippen LogP contribution in [-0.4, -0.2) is 70.0 Å². The van der Waals surface area contributed by atoms with Crippen molar-refractivity contribution in [2.24, 2.45) is 5.41 Å². The molecule has 0 aromatic carbocycles. The highest BCUT2D eigenvalue weighted by Gasteiger charge is 2.26. The van der Waals surface area contributed by atoms with E-state index in [-0.39, 0.29) is 12.1 Å². The first-order valence-electron chi connectivity index (χ1n) is 28.3.